The van der Waals surface area contributed by atoms with Gasteiger partial charge in [-0.2, -0.15) is 0 Å². The fourth-order valence-electron chi connectivity index (χ4n) is 0.474. The predicted octanol–water partition coefficient (Wildman–Crippen LogP) is -1.11. The van der Waals surface area contributed by atoms with Crippen LogP contribution in [0.1, 0.15) is 27.7 Å². The van der Waals surface area contributed by atoms with Crippen LogP contribution in [0.15, 0.2) is 0 Å². The summed E-state index contributed by atoms with van der Waals surface area (Å²) in [6, 6.07) is 0. The molecule has 0 aliphatic rings. The second kappa shape index (κ2) is 3.59. The van der Waals surface area contributed by atoms with Crippen LogP contribution in [0.2, 0.25) is 0 Å². The van der Waals surface area contributed by atoms with Crippen LogP contribution in [-0.2, 0) is 0 Å². The van der Waals surface area contributed by atoms with Crippen molar-refractivity contribution in [2.45, 2.75) is 33.2 Å². The van der Waals surface area contributed by atoms with Crippen LogP contribution in [-0.4, -0.2) is 30.7 Å². The quantitative estimate of drug-likeness (QED) is 0.433. The molecule has 0 amide bonds. The number of quaternary nitrogens is 1. The normalized spacial score (nSPS) is 12.6. The molecule has 0 atom stereocenters. The minimum absolute atomic E-state index is 0. The molecule has 0 rings (SSSR count). The average Bonchev–Trinajstić information content (AvgIpc) is 1.64. The smallest absolute Gasteiger partial charge is 0.0903 e. The molecule has 0 aromatic carbocycles. The highest BCUT2D eigenvalue weighted by Gasteiger charge is 2.28. The lowest BCUT2D eigenvalue weighted by Gasteiger charge is -2.41. The Labute approximate surface area is 71.4 Å². The van der Waals surface area contributed by atoms with Crippen molar-refractivity contribution in [1.29, 1.82) is 0 Å². The van der Waals surface area contributed by atoms with E-state index >= 15 is 0 Å². The molecule has 0 aromatic rings. The first-order chi connectivity index (χ1) is 3.81. The third kappa shape index (κ3) is 2.89. The second-order valence-corrected chi connectivity index (χ2v) is 4.17. The molecule has 0 heterocycles. The highest BCUT2D eigenvalue weighted by molar-refractivity contribution is 4.58. The van der Waals surface area contributed by atoms with Gasteiger partial charge in [-0.25, -0.2) is 0 Å². The van der Waals surface area contributed by atoms with Gasteiger partial charge in [0.15, 0.2) is 0 Å². The Morgan fingerprint density at radius 1 is 1.10 bits per heavy atom. The van der Waals surface area contributed by atoms with Gasteiger partial charge in [0.2, 0.25) is 0 Å². The topological polar surface area (TPSA) is 0 Å². The van der Waals surface area contributed by atoms with Crippen molar-refractivity contribution in [3.63, 3.8) is 0 Å². The molecule has 0 fully saturated rings. The summed E-state index contributed by atoms with van der Waals surface area (Å²) in [5, 5.41) is 0. The van der Waals surface area contributed by atoms with Gasteiger partial charge in [0.25, 0.3) is 0 Å². The van der Waals surface area contributed by atoms with Crippen LogP contribution in [0.3, 0.4) is 0 Å². The van der Waals surface area contributed by atoms with E-state index in [1.807, 2.05) is 0 Å². The predicted molar refractivity (Wildman–Crippen MR) is 42.4 cm³/mol. The van der Waals surface area contributed by atoms with Crippen molar-refractivity contribution in [2.75, 3.05) is 20.6 Å². The zero-order chi connectivity index (χ0) is 7.71. The van der Waals surface area contributed by atoms with Crippen molar-refractivity contribution in [1.82, 2.24) is 0 Å². The maximum Gasteiger partial charge on any atom is 0.0903 e. The first-order valence-corrected chi connectivity index (χ1v) is 3.64. The molecule has 2 heteroatoms. The van der Waals surface area contributed by atoms with E-state index in [2.05, 4.69) is 41.8 Å². The standard InChI is InChI=1S/C8H20N.ClH/c1-7-9(5,6)8(2,3)4;/h7H2,1-6H3;1H/q+1;/p-1. The summed E-state index contributed by atoms with van der Waals surface area (Å²) < 4.78 is 1.09. The van der Waals surface area contributed by atoms with Crippen molar-refractivity contribution >= 4 is 0 Å². The van der Waals surface area contributed by atoms with Crippen LogP contribution in [0, 0.1) is 0 Å². The number of hydrogen-bond acceptors (Lipinski definition) is 0. The van der Waals surface area contributed by atoms with Gasteiger partial charge in [-0.3, -0.25) is 0 Å². The zero-order valence-electron chi connectivity index (χ0n) is 8.03. The van der Waals surface area contributed by atoms with Gasteiger partial charge in [0, 0.05) is 0 Å². The average molecular weight is 166 g/mol. The number of rotatable bonds is 1. The fraction of sp³-hybridized carbons (Fsp3) is 1.00. The van der Waals surface area contributed by atoms with E-state index < -0.39 is 0 Å². The van der Waals surface area contributed by atoms with E-state index in [1.165, 1.54) is 6.54 Å². The van der Waals surface area contributed by atoms with Crippen molar-refractivity contribution in [3.05, 3.63) is 0 Å². The monoisotopic (exact) mass is 165 g/mol. The van der Waals surface area contributed by atoms with Crippen LogP contribution < -0.4 is 12.4 Å². The summed E-state index contributed by atoms with van der Waals surface area (Å²) in [6.07, 6.45) is 0. The molecule has 0 saturated carbocycles. The lowest BCUT2D eigenvalue weighted by Crippen LogP contribution is -3.00. The molecule has 0 radical (unpaired) electrons. The Bertz CT molecular complexity index is 91.9. The van der Waals surface area contributed by atoms with E-state index in [0.29, 0.717) is 5.54 Å². The summed E-state index contributed by atoms with van der Waals surface area (Å²) in [6.45, 7) is 10.2. The molecule has 10 heavy (non-hydrogen) atoms. The minimum Gasteiger partial charge on any atom is -1.00 e. The molecular formula is C8H20ClN. The molecule has 0 bridgehead atoms. The third-order valence-corrected chi connectivity index (χ3v) is 2.61. The SMILES string of the molecule is CC[N+](C)(C)C(C)(C)C.[Cl-]. The molecule has 0 unspecified atom stereocenters. The van der Waals surface area contributed by atoms with Gasteiger partial charge in [0.05, 0.1) is 26.2 Å². The van der Waals surface area contributed by atoms with Crippen LogP contribution in [0.25, 0.3) is 0 Å². The Morgan fingerprint density at radius 2 is 1.40 bits per heavy atom. The van der Waals surface area contributed by atoms with E-state index in [0.717, 1.165) is 4.48 Å². The lowest BCUT2D eigenvalue weighted by atomic mass is 10.0. The molecule has 0 aliphatic heterocycles. The summed E-state index contributed by atoms with van der Waals surface area (Å²) in [7, 11) is 4.53. The summed E-state index contributed by atoms with van der Waals surface area (Å²) >= 11 is 0. The third-order valence-electron chi connectivity index (χ3n) is 2.61. The van der Waals surface area contributed by atoms with Gasteiger partial charge in [-0.1, -0.05) is 0 Å². The van der Waals surface area contributed by atoms with E-state index in [1.54, 1.807) is 0 Å². The first-order valence-electron chi connectivity index (χ1n) is 3.64. The Hall–Kier alpha value is 0.250. The van der Waals surface area contributed by atoms with Crippen LogP contribution >= 0.6 is 0 Å². The van der Waals surface area contributed by atoms with Gasteiger partial charge in [0.1, 0.15) is 0 Å². The molecule has 0 aliphatic carbocycles. The molecule has 0 aromatic heterocycles. The second-order valence-electron chi connectivity index (χ2n) is 4.17. The fourth-order valence-corrected chi connectivity index (χ4v) is 0.474. The van der Waals surface area contributed by atoms with Crippen molar-refractivity contribution < 1.29 is 16.9 Å². The largest absolute Gasteiger partial charge is 1.00 e. The highest BCUT2D eigenvalue weighted by Crippen LogP contribution is 2.17. The molecule has 0 spiro atoms. The summed E-state index contributed by atoms with van der Waals surface area (Å²) in [5.74, 6) is 0. The van der Waals surface area contributed by atoms with E-state index in [-0.39, 0.29) is 12.4 Å². The molecule has 0 saturated heterocycles. The number of hydrogen-bond donors (Lipinski definition) is 0. The Kier molecular flexibility index (Phi) is 4.62. The minimum atomic E-state index is 0. The van der Waals surface area contributed by atoms with E-state index in [9.17, 15) is 0 Å². The van der Waals surface area contributed by atoms with Crippen molar-refractivity contribution in [3.8, 4) is 0 Å². The molecule has 64 valence electrons. The van der Waals surface area contributed by atoms with Gasteiger partial charge in [-0.05, 0) is 27.7 Å². The summed E-state index contributed by atoms with van der Waals surface area (Å²) in [5.41, 5.74) is 0.384. The maximum absolute atomic E-state index is 2.27. The molecular weight excluding hydrogens is 146 g/mol. The maximum atomic E-state index is 2.27. The van der Waals surface area contributed by atoms with Gasteiger partial charge < -0.3 is 16.9 Å². The highest BCUT2D eigenvalue weighted by atomic mass is 35.5. The van der Waals surface area contributed by atoms with Crippen molar-refractivity contribution in [2.24, 2.45) is 0 Å². The number of halogens is 1. The first kappa shape index (κ1) is 12.9. The van der Waals surface area contributed by atoms with Gasteiger partial charge in [-0.15, -0.1) is 0 Å². The van der Waals surface area contributed by atoms with Crippen LogP contribution in [0.5, 0.6) is 0 Å². The lowest BCUT2D eigenvalue weighted by molar-refractivity contribution is -0.934. The Morgan fingerprint density at radius 3 is 1.40 bits per heavy atom. The number of nitrogens with zero attached hydrogens (tertiary/aromatic N) is 1. The van der Waals surface area contributed by atoms with Gasteiger partial charge >= 0.3 is 0 Å². The zero-order valence-corrected chi connectivity index (χ0v) is 8.79. The summed E-state index contributed by atoms with van der Waals surface area (Å²) in [4.78, 5) is 0. The van der Waals surface area contributed by atoms with E-state index in [4.69, 9.17) is 0 Å². The molecule has 1 nitrogen and oxygen atoms in total. The molecule has 0 N–H and O–H groups in total. The Balaban J connectivity index is 0. The van der Waals surface area contributed by atoms with Crippen LogP contribution in [0.4, 0.5) is 0 Å².